The van der Waals surface area contributed by atoms with Gasteiger partial charge in [-0.3, -0.25) is 4.79 Å². The number of carbonyl (C=O) groups excluding carboxylic acids is 1. The number of anilines is 1. The van der Waals surface area contributed by atoms with Crippen LogP contribution in [0.2, 0.25) is 0 Å². The second-order valence-corrected chi connectivity index (χ2v) is 5.95. The standard InChI is InChI=1S/C17H26N2O/c1-2-5-13-6-3-8-15(11-10-13)19-16-9-4-7-14(12-16)17(18)20/h4,7,9,12-13,15,19H,2-3,5-6,8,10-11H2,1H3,(H2,18,20). The van der Waals surface area contributed by atoms with Gasteiger partial charge < -0.3 is 11.1 Å². The lowest BCUT2D eigenvalue weighted by Gasteiger charge is -2.18. The first-order valence-electron chi connectivity index (χ1n) is 7.85. The Hall–Kier alpha value is -1.51. The van der Waals surface area contributed by atoms with Gasteiger partial charge in [0.1, 0.15) is 0 Å². The summed E-state index contributed by atoms with van der Waals surface area (Å²) in [7, 11) is 0. The summed E-state index contributed by atoms with van der Waals surface area (Å²) in [5, 5.41) is 3.57. The predicted octanol–water partition coefficient (Wildman–Crippen LogP) is 3.95. The minimum atomic E-state index is -0.363. The minimum Gasteiger partial charge on any atom is -0.382 e. The van der Waals surface area contributed by atoms with Crippen LogP contribution in [0.3, 0.4) is 0 Å². The second-order valence-electron chi connectivity index (χ2n) is 5.95. The van der Waals surface area contributed by atoms with Gasteiger partial charge in [-0.25, -0.2) is 0 Å². The average molecular weight is 274 g/mol. The Balaban J connectivity index is 1.93. The number of nitrogens with two attached hydrogens (primary N) is 1. The van der Waals surface area contributed by atoms with Crippen LogP contribution < -0.4 is 11.1 Å². The van der Waals surface area contributed by atoms with E-state index in [4.69, 9.17) is 5.73 Å². The van der Waals surface area contributed by atoms with Crippen LogP contribution in [-0.2, 0) is 0 Å². The molecule has 0 aliphatic heterocycles. The fourth-order valence-corrected chi connectivity index (χ4v) is 3.22. The predicted molar refractivity (Wildman–Crippen MR) is 83.9 cm³/mol. The third-order valence-electron chi connectivity index (χ3n) is 4.30. The number of hydrogen-bond acceptors (Lipinski definition) is 2. The van der Waals surface area contributed by atoms with Crippen molar-refractivity contribution < 1.29 is 4.79 Å². The van der Waals surface area contributed by atoms with E-state index in [1.54, 1.807) is 6.07 Å². The van der Waals surface area contributed by atoms with Crippen LogP contribution in [0, 0.1) is 5.92 Å². The van der Waals surface area contributed by atoms with Gasteiger partial charge in [0.2, 0.25) is 5.91 Å². The minimum absolute atomic E-state index is 0.363. The quantitative estimate of drug-likeness (QED) is 0.799. The summed E-state index contributed by atoms with van der Waals surface area (Å²) in [4.78, 5) is 11.2. The van der Waals surface area contributed by atoms with E-state index in [1.807, 2.05) is 18.2 Å². The highest BCUT2D eigenvalue weighted by Crippen LogP contribution is 2.28. The van der Waals surface area contributed by atoms with Gasteiger partial charge in [0.25, 0.3) is 0 Å². The van der Waals surface area contributed by atoms with Crippen LogP contribution in [0.1, 0.15) is 62.2 Å². The molecule has 0 spiro atoms. The molecule has 1 aliphatic rings. The van der Waals surface area contributed by atoms with Crippen molar-refractivity contribution in [2.45, 2.75) is 57.9 Å². The third kappa shape index (κ3) is 4.26. The van der Waals surface area contributed by atoms with E-state index in [9.17, 15) is 4.79 Å². The molecule has 0 radical (unpaired) electrons. The molecule has 0 aromatic heterocycles. The first kappa shape index (κ1) is 14.9. The second kappa shape index (κ2) is 7.32. The Bertz CT molecular complexity index is 444. The summed E-state index contributed by atoms with van der Waals surface area (Å²) >= 11 is 0. The molecular weight excluding hydrogens is 248 g/mol. The van der Waals surface area contributed by atoms with E-state index in [0.717, 1.165) is 11.6 Å². The molecular formula is C17H26N2O. The van der Waals surface area contributed by atoms with E-state index < -0.39 is 0 Å². The largest absolute Gasteiger partial charge is 0.382 e. The lowest BCUT2D eigenvalue weighted by Crippen LogP contribution is -2.19. The summed E-state index contributed by atoms with van der Waals surface area (Å²) in [6, 6.07) is 8.05. The molecule has 1 aromatic rings. The van der Waals surface area contributed by atoms with Crippen molar-refractivity contribution in [2.24, 2.45) is 11.7 Å². The summed E-state index contributed by atoms with van der Waals surface area (Å²) in [6.45, 7) is 2.27. The molecule has 1 amide bonds. The number of primary amides is 1. The lowest BCUT2D eigenvalue weighted by atomic mass is 9.95. The monoisotopic (exact) mass is 274 g/mol. The summed E-state index contributed by atoms with van der Waals surface area (Å²) in [5.74, 6) is 0.543. The van der Waals surface area contributed by atoms with Crippen molar-refractivity contribution in [3.05, 3.63) is 29.8 Å². The van der Waals surface area contributed by atoms with E-state index >= 15 is 0 Å². The average Bonchev–Trinajstić information content (AvgIpc) is 2.65. The third-order valence-corrected chi connectivity index (χ3v) is 4.30. The van der Waals surface area contributed by atoms with Crippen LogP contribution >= 0.6 is 0 Å². The normalized spacial score (nSPS) is 23.1. The number of nitrogens with one attached hydrogen (secondary N) is 1. The number of carbonyl (C=O) groups is 1. The van der Waals surface area contributed by atoms with Crippen LogP contribution in [0.5, 0.6) is 0 Å². The molecule has 1 saturated carbocycles. The van der Waals surface area contributed by atoms with Crippen LogP contribution in [0.25, 0.3) is 0 Å². The summed E-state index contributed by atoms with van der Waals surface area (Å²) < 4.78 is 0. The van der Waals surface area contributed by atoms with Crippen molar-refractivity contribution in [3.8, 4) is 0 Å². The first-order valence-corrected chi connectivity index (χ1v) is 7.85. The van der Waals surface area contributed by atoms with Gasteiger partial charge in [0.05, 0.1) is 0 Å². The maximum Gasteiger partial charge on any atom is 0.248 e. The van der Waals surface area contributed by atoms with Crippen molar-refractivity contribution in [1.82, 2.24) is 0 Å². The number of amides is 1. The highest BCUT2D eigenvalue weighted by atomic mass is 16.1. The van der Waals surface area contributed by atoms with E-state index in [2.05, 4.69) is 12.2 Å². The van der Waals surface area contributed by atoms with Crippen molar-refractivity contribution in [1.29, 1.82) is 0 Å². The maximum atomic E-state index is 11.2. The lowest BCUT2D eigenvalue weighted by molar-refractivity contribution is 0.100. The van der Waals surface area contributed by atoms with Crippen molar-refractivity contribution >= 4 is 11.6 Å². The molecule has 3 heteroatoms. The molecule has 20 heavy (non-hydrogen) atoms. The van der Waals surface area contributed by atoms with Gasteiger partial charge in [-0.15, -0.1) is 0 Å². The Morgan fingerprint density at radius 3 is 2.90 bits per heavy atom. The number of hydrogen-bond donors (Lipinski definition) is 2. The molecule has 2 atom stereocenters. The van der Waals surface area contributed by atoms with Gasteiger partial charge in [-0.1, -0.05) is 38.7 Å². The Labute approximate surface area is 121 Å². The van der Waals surface area contributed by atoms with Gasteiger partial charge in [-0.2, -0.15) is 0 Å². The molecule has 2 rings (SSSR count). The summed E-state index contributed by atoms with van der Waals surface area (Å²) in [6.07, 6.45) is 9.10. The Morgan fingerprint density at radius 2 is 2.15 bits per heavy atom. The van der Waals surface area contributed by atoms with Gasteiger partial charge in [0, 0.05) is 17.3 Å². The summed E-state index contributed by atoms with van der Waals surface area (Å²) in [5.41, 5.74) is 6.92. The van der Waals surface area contributed by atoms with E-state index in [0.29, 0.717) is 11.6 Å². The first-order chi connectivity index (χ1) is 9.69. The molecule has 3 N–H and O–H groups in total. The number of benzene rings is 1. The molecule has 2 unspecified atom stereocenters. The molecule has 110 valence electrons. The SMILES string of the molecule is CCCC1CCCC(Nc2cccc(C(N)=O)c2)CC1. The van der Waals surface area contributed by atoms with Crippen LogP contribution in [0.15, 0.2) is 24.3 Å². The van der Waals surface area contributed by atoms with Crippen LogP contribution in [-0.4, -0.2) is 11.9 Å². The zero-order valence-corrected chi connectivity index (χ0v) is 12.4. The Kier molecular flexibility index (Phi) is 5.45. The molecule has 0 saturated heterocycles. The zero-order valence-electron chi connectivity index (χ0n) is 12.4. The van der Waals surface area contributed by atoms with Crippen molar-refractivity contribution in [3.63, 3.8) is 0 Å². The zero-order chi connectivity index (χ0) is 14.4. The molecule has 0 bridgehead atoms. The van der Waals surface area contributed by atoms with E-state index in [-0.39, 0.29) is 5.91 Å². The smallest absolute Gasteiger partial charge is 0.248 e. The van der Waals surface area contributed by atoms with Gasteiger partial charge in [0.15, 0.2) is 0 Å². The van der Waals surface area contributed by atoms with Crippen LogP contribution in [0.4, 0.5) is 5.69 Å². The van der Waals surface area contributed by atoms with Gasteiger partial charge >= 0.3 is 0 Å². The molecule has 0 heterocycles. The fourth-order valence-electron chi connectivity index (χ4n) is 3.22. The Morgan fingerprint density at radius 1 is 1.30 bits per heavy atom. The highest BCUT2D eigenvalue weighted by Gasteiger charge is 2.18. The molecule has 1 aromatic carbocycles. The van der Waals surface area contributed by atoms with E-state index in [1.165, 1.54) is 44.9 Å². The van der Waals surface area contributed by atoms with Crippen molar-refractivity contribution in [2.75, 3.05) is 5.32 Å². The van der Waals surface area contributed by atoms with Gasteiger partial charge in [-0.05, 0) is 43.4 Å². The molecule has 1 aliphatic carbocycles. The molecule has 1 fully saturated rings. The fraction of sp³-hybridized carbons (Fsp3) is 0.588. The number of rotatable bonds is 5. The topological polar surface area (TPSA) is 55.1 Å². The molecule has 3 nitrogen and oxygen atoms in total. The highest BCUT2D eigenvalue weighted by molar-refractivity contribution is 5.93. The maximum absolute atomic E-state index is 11.2.